The molecule has 0 radical (unpaired) electrons. The van der Waals surface area contributed by atoms with Gasteiger partial charge in [0.25, 0.3) is 0 Å². The van der Waals surface area contributed by atoms with Gasteiger partial charge in [0.2, 0.25) is 0 Å². The second kappa shape index (κ2) is 5.08. The van der Waals surface area contributed by atoms with Crippen LogP contribution >= 0.6 is 0 Å². The Morgan fingerprint density at radius 2 is 1.75 bits per heavy atom. The molecule has 0 atom stereocenters. The van der Waals surface area contributed by atoms with Gasteiger partial charge < -0.3 is 5.11 Å². The van der Waals surface area contributed by atoms with Crippen molar-refractivity contribution in [3.8, 4) is 11.1 Å². The molecule has 0 amide bonds. The number of fused-ring (bicyclic) bond motifs is 1. The Bertz CT molecular complexity index is 677. The van der Waals surface area contributed by atoms with Gasteiger partial charge >= 0.3 is 5.97 Å². The molecule has 1 aliphatic carbocycles. The fourth-order valence-corrected chi connectivity index (χ4v) is 2.84. The first-order chi connectivity index (χ1) is 9.65. The van der Waals surface area contributed by atoms with Crippen LogP contribution in [-0.4, -0.2) is 11.1 Å². The van der Waals surface area contributed by atoms with Crippen LogP contribution in [0.5, 0.6) is 0 Å². The summed E-state index contributed by atoms with van der Waals surface area (Å²) in [6, 6.07) is 9.76. The summed E-state index contributed by atoms with van der Waals surface area (Å²) < 4.78 is 13.4. The van der Waals surface area contributed by atoms with Crippen LogP contribution in [0.4, 0.5) is 4.39 Å². The van der Waals surface area contributed by atoms with Crippen LogP contribution in [0.2, 0.25) is 0 Å². The average Bonchev–Trinajstić information content (AvgIpc) is 2.46. The summed E-state index contributed by atoms with van der Waals surface area (Å²) in [5.41, 5.74) is 3.96. The number of aromatic carboxylic acids is 1. The number of carbonyl (C=O) groups is 1. The molecule has 3 heteroatoms. The van der Waals surface area contributed by atoms with E-state index in [1.165, 1.54) is 35.7 Å². The Hall–Kier alpha value is -2.16. The summed E-state index contributed by atoms with van der Waals surface area (Å²) in [5.74, 6) is -1.44. The third kappa shape index (κ3) is 2.31. The third-order valence-corrected chi connectivity index (χ3v) is 3.87. The highest BCUT2D eigenvalue weighted by molar-refractivity contribution is 5.96. The summed E-state index contributed by atoms with van der Waals surface area (Å²) in [4.78, 5) is 11.3. The monoisotopic (exact) mass is 270 g/mol. The van der Waals surface area contributed by atoms with E-state index in [4.69, 9.17) is 0 Å². The summed E-state index contributed by atoms with van der Waals surface area (Å²) in [6.07, 6.45) is 4.45. The number of carboxylic acids is 1. The van der Waals surface area contributed by atoms with E-state index in [2.05, 4.69) is 0 Å². The van der Waals surface area contributed by atoms with Gasteiger partial charge in [-0.15, -0.1) is 0 Å². The highest BCUT2D eigenvalue weighted by atomic mass is 19.1. The van der Waals surface area contributed by atoms with Gasteiger partial charge in [-0.05, 0) is 66.1 Å². The standard InChI is InChI=1S/C17H15FO2/c18-14-7-8-15(17(19)20)16(10-14)13-6-5-11-3-1-2-4-12(11)9-13/h5-10H,1-4H2,(H,19,20). The number of aryl methyl sites for hydroxylation is 2. The van der Waals surface area contributed by atoms with Gasteiger partial charge in [0.15, 0.2) is 0 Å². The first-order valence-corrected chi connectivity index (χ1v) is 6.80. The molecule has 0 aliphatic heterocycles. The number of halogens is 1. The van der Waals surface area contributed by atoms with Gasteiger partial charge in [-0.25, -0.2) is 9.18 Å². The lowest BCUT2D eigenvalue weighted by Gasteiger charge is -2.17. The molecule has 1 N–H and O–H groups in total. The van der Waals surface area contributed by atoms with Gasteiger partial charge in [0.05, 0.1) is 5.56 Å². The van der Waals surface area contributed by atoms with E-state index in [-0.39, 0.29) is 5.56 Å². The lowest BCUT2D eigenvalue weighted by atomic mass is 9.88. The molecule has 102 valence electrons. The maximum absolute atomic E-state index is 13.4. The Labute approximate surface area is 116 Å². The fourth-order valence-electron chi connectivity index (χ4n) is 2.84. The maximum Gasteiger partial charge on any atom is 0.336 e. The first-order valence-electron chi connectivity index (χ1n) is 6.80. The molecule has 1 aliphatic rings. The number of carboxylic acid groups (broad SMARTS) is 1. The van der Waals surface area contributed by atoms with Crippen molar-refractivity contribution in [2.24, 2.45) is 0 Å². The fraction of sp³-hybridized carbons (Fsp3) is 0.235. The zero-order chi connectivity index (χ0) is 14.1. The second-order valence-corrected chi connectivity index (χ2v) is 5.19. The molecule has 0 unspecified atom stereocenters. The Balaban J connectivity index is 2.13. The minimum absolute atomic E-state index is 0.141. The molecule has 2 aromatic rings. The number of hydrogen-bond donors (Lipinski definition) is 1. The minimum atomic E-state index is -1.03. The summed E-state index contributed by atoms with van der Waals surface area (Å²) in [6.45, 7) is 0. The Morgan fingerprint density at radius 3 is 2.50 bits per heavy atom. The summed E-state index contributed by atoms with van der Waals surface area (Å²) in [7, 11) is 0. The highest BCUT2D eigenvalue weighted by Gasteiger charge is 2.15. The van der Waals surface area contributed by atoms with Gasteiger partial charge in [0.1, 0.15) is 5.82 Å². The molecule has 0 aromatic heterocycles. The van der Waals surface area contributed by atoms with Crippen LogP contribution in [0.1, 0.15) is 34.3 Å². The van der Waals surface area contributed by atoms with Crippen LogP contribution in [-0.2, 0) is 12.8 Å². The van der Waals surface area contributed by atoms with Crippen molar-refractivity contribution < 1.29 is 14.3 Å². The van der Waals surface area contributed by atoms with E-state index in [9.17, 15) is 14.3 Å². The molecule has 0 spiro atoms. The molecule has 0 bridgehead atoms. The van der Waals surface area contributed by atoms with Gasteiger partial charge in [-0.3, -0.25) is 0 Å². The van der Waals surface area contributed by atoms with E-state index in [0.717, 1.165) is 24.8 Å². The zero-order valence-corrected chi connectivity index (χ0v) is 11.0. The van der Waals surface area contributed by atoms with Crippen molar-refractivity contribution in [1.29, 1.82) is 0 Å². The first kappa shape index (κ1) is 12.9. The molecular formula is C17H15FO2. The Kier molecular flexibility index (Phi) is 3.26. The molecule has 0 fully saturated rings. The van der Waals surface area contributed by atoms with Crippen molar-refractivity contribution in [2.45, 2.75) is 25.7 Å². The third-order valence-electron chi connectivity index (χ3n) is 3.87. The van der Waals surface area contributed by atoms with E-state index >= 15 is 0 Å². The minimum Gasteiger partial charge on any atom is -0.478 e. The molecule has 2 nitrogen and oxygen atoms in total. The number of rotatable bonds is 2. The number of hydrogen-bond acceptors (Lipinski definition) is 1. The normalized spacial score (nSPS) is 13.8. The molecule has 20 heavy (non-hydrogen) atoms. The van der Waals surface area contributed by atoms with E-state index in [0.29, 0.717) is 5.56 Å². The van der Waals surface area contributed by atoms with Crippen LogP contribution in [0.3, 0.4) is 0 Å². The molecule has 3 rings (SSSR count). The molecule has 2 aromatic carbocycles. The summed E-state index contributed by atoms with van der Waals surface area (Å²) in [5, 5.41) is 9.23. The predicted molar refractivity (Wildman–Crippen MR) is 75.4 cm³/mol. The van der Waals surface area contributed by atoms with E-state index in [1.54, 1.807) is 0 Å². The largest absolute Gasteiger partial charge is 0.478 e. The SMILES string of the molecule is O=C(O)c1ccc(F)cc1-c1ccc2c(c1)CCCC2. The predicted octanol–water partition coefficient (Wildman–Crippen LogP) is 4.07. The average molecular weight is 270 g/mol. The maximum atomic E-state index is 13.4. The lowest BCUT2D eigenvalue weighted by molar-refractivity contribution is 0.0697. The van der Waals surface area contributed by atoms with Gasteiger partial charge in [0, 0.05) is 0 Å². The molecule has 0 heterocycles. The molecular weight excluding hydrogens is 255 g/mol. The van der Waals surface area contributed by atoms with Crippen LogP contribution in [0.25, 0.3) is 11.1 Å². The van der Waals surface area contributed by atoms with Crippen molar-refractivity contribution in [3.05, 3.63) is 58.9 Å². The van der Waals surface area contributed by atoms with E-state index in [1.807, 2.05) is 18.2 Å². The van der Waals surface area contributed by atoms with Crippen molar-refractivity contribution in [1.82, 2.24) is 0 Å². The Morgan fingerprint density at radius 1 is 1.00 bits per heavy atom. The van der Waals surface area contributed by atoms with Crippen molar-refractivity contribution in [2.75, 3.05) is 0 Å². The highest BCUT2D eigenvalue weighted by Crippen LogP contribution is 2.30. The van der Waals surface area contributed by atoms with Gasteiger partial charge in [-0.2, -0.15) is 0 Å². The van der Waals surface area contributed by atoms with E-state index < -0.39 is 11.8 Å². The number of benzene rings is 2. The topological polar surface area (TPSA) is 37.3 Å². The second-order valence-electron chi connectivity index (χ2n) is 5.19. The zero-order valence-electron chi connectivity index (χ0n) is 11.0. The molecule has 0 saturated carbocycles. The summed E-state index contributed by atoms with van der Waals surface area (Å²) >= 11 is 0. The molecule has 0 saturated heterocycles. The van der Waals surface area contributed by atoms with Crippen LogP contribution in [0.15, 0.2) is 36.4 Å². The quantitative estimate of drug-likeness (QED) is 0.893. The van der Waals surface area contributed by atoms with Crippen molar-refractivity contribution in [3.63, 3.8) is 0 Å². The van der Waals surface area contributed by atoms with Crippen molar-refractivity contribution >= 4 is 5.97 Å². The smallest absolute Gasteiger partial charge is 0.336 e. The van der Waals surface area contributed by atoms with Crippen LogP contribution in [0, 0.1) is 5.82 Å². The van der Waals surface area contributed by atoms with Crippen LogP contribution < -0.4 is 0 Å². The lowest BCUT2D eigenvalue weighted by Crippen LogP contribution is -2.04. The van der Waals surface area contributed by atoms with Gasteiger partial charge in [-0.1, -0.05) is 18.2 Å².